The van der Waals surface area contributed by atoms with Crippen LogP contribution in [0.3, 0.4) is 0 Å². The first-order valence-corrected chi connectivity index (χ1v) is 9.13. The summed E-state index contributed by atoms with van der Waals surface area (Å²) < 4.78 is -0.973. The molecular formula is C19H15Cl2P. The maximum Gasteiger partial charge on any atom is 0.169 e. The highest BCUT2D eigenvalue weighted by Gasteiger charge is 2.38. The quantitative estimate of drug-likeness (QED) is 0.438. The molecule has 3 aromatic rings. The molecular weight excluding hydrogens is 330 g/mol. The van der Waals surface area contributed by atoms with Crippen LogP contribution in [0.4, 0.5) is 0 Å². The fraction of sp³-hybridized carbons (Fsp3) is 0.0526. The molecule has 0 fully saturated rings. The van der Waals surface area contributed by atoms with Crippen molar-refractivity contribution in [1.82, 2.24) is 0 Å². The van der Waals surface area contributed by atoms with Crippen molar-refractivity contribution < 1.29 is 0 Å². The highest BCUT2D eigenvalue weighted by Crippen LogP contribution is 2.60. The molecule has 110 valence electrons. The summed E-state index contributed by atoms with van der Waals surface area (Å²) in [4.78, 5) is 0. The predicted molar refractivity (Wildman–Crippen MR) is 98.9 cm³/mol. The first-order valence-electron chi connectivity index (χ1n) is 7.03. The summed E-state index contributed by atoms with van der Waals surface area (Å²) in [6, 6.07) is 30.4. The smallest absolute Gasteiger partial charge is 0.0905 e. The van der Waals surface area contributed by atoms with Gasteiger partial charge in [0.15, 0.2) is 4.07 Å². The molecule has 3 heteroatoms. The Bertz CT molecular complexity index is 673. The van der Waals surface area contributed by atoms with Gasteiger partial charge in [0.2, 0.25) is 0 Å². The highest BCUT2D eigenvalue weighted by molar-refractivity contribution is 7.77. The third-order valence-corrected chi connectivity index (χ3v) is 7.33. The summed E-state index contributed by atoms with van der Waals surface area (Å²) in [5.74, 6) is 0. The van der Waals surface area contributed by atoms with Gasteiger partial charge < -0.3 is 0 Å². The fourth-order valence-corrected chi connectivity index (χ4v) is 6.11. The molecule has 0 saturated carbocycles. The molecule has 0 spiro atoms. The second-order valence-corrected chi connectivity index (χ2v) is 9.14. The van der Waals surface area contributed by atoms with E-state index >= 15 is 0 Å². The molecule has 0 aliphatic carbocycles. The zero-order valence-corrected chi connectivity index (χ0v) is 14.3. The molecule has 0 amide bonds. The van der Waals surface area contributed by atoms with Gasteiger partial charge in [0.05, 0.1) is 0 Å². The molecule has 22 heavy (non-hydrogen) atoms. The summed E-state index contributed by atoms with van der Waals surface area (Å²) in [5.41, 5.74) is 0.928. The third kappa shape index (κ3) is 3.20. The minimum Gasteiger partial charge on any atom is -0.0905 e. The van der Waals surface area contributed by atoms with E-state index in [2.05, 4.69) is 24.3 Å². The van der Waals surface area contributed by atoms with Gasteiger partial charge in [-0.05, 0) is 24.1 Å². The Hall–Kier alpha value is -1.33. The van der Waals surface area contributed by atoms with E-state index in [4.69, 9.17) is 23.2 Å². The van der Waals surface area contributed by atoms with Crippen LogP contribution in [0.2, 0.25) is 0 Å². The Labute approximate surface area is 142 Å². The number of rotatable bonds is 4. The first kappa shape index (κ1) is 15.6. The molecule has 0 radical (unpaired) electrons. The van der Waals surface area contributed by atoms with Crippen LogP contribution in [0.15, 0.2) is 91.0 Å². The summed E-state index contributed by atoms with van der Waals surface area (Å²) in [6.45, 7) is 0. The Morgan fingerprint density at radius 3 is 1.32 bits per heavy atom. The molecule has 0 nitrogen and oxygen atoms in total. The number of alkyl halides is 2. The topological polar surface area (TPSA) is 0 Å². The van der Waals surface area contributed by atoms with Crippen molar-refractivity contribution in [3.05, 3.63) is 96.6 Å². The molecule has 3 rings (SSSR count). The van der Waals surface area contributed by atoms with Crippen LogP contribution in [-0.4, -0.2) is 0 Å². The fourth-order valence-electron chi connectivity index (χ4n) is 2.40. The van der Waals surface area contributed by atoms with Crippen LogP contribution in [0.25, 0.3) is 0 Å². The van der Waals surface area contributed by atoms with E-state index in [1.54, 1.807) is 0 Å². The van der Waals surface area contributed by atoms with Crippen molar-refractivity contribution in [3.63, 3.8) is 0 Å². The van der Waals surface area contributed by atoms with Gasteiger partial charge in [-0.3, -0.25) is 0 Å². The van der Waals surface area contributed by atoms with Gasteiger partial charge >= 0.3 is 0 Å². The summed E-state index contributed by atoms with van der Waals surface area (Å²) >= 11 is 13.8. The minimum absolute atomic E-state index is 0.928. The van der Waals surface area contributed by atoms with Crippen LogP contribution in [-0.2, 0) is 4.07 Å². The SMILES string of the molecule is ClC(Cl)(c1ccccc1)P(c1ccccc1)c1ccccc1. The Balaban J connectivity index is 2.14. The van der Waals surface area contributed by atoms with E-state index in [0.29, 0.717) is 0 Å². The third-order valence-electron chi connectivity index (χ3n) is 3.43. The van der Waals surface area contributed by atoms with Crippen molar-refractivity contribution in [2.75, 3.05) is 0 Å². The standard InChI is InChI=1S/C19H15Cl2P/c20-19(21,16-10-4-1-5-11-16)22(17-12-6-2-7-13-17)18-14-8-3-9-15-18/h1-15H. The second kappa shape index (κ2) is 6.84. The molecule has 0 saturated heterocycles. The van der Waals surface area contributed by atoms with Crippen molar-refractivity contribution in [2.24, 2.45) is 0 Å². The minimum atomic E-state index is -0.973. The lowest BCUT2D eigenvalue weighted by Gasteiger charge is -2.31. The molecule has 0 aromatic heterocycles. The maximum atomic E-state index is 6.89. The van der Waals surface area contributed by atoms with Crippen molar-refractivity contribution in [3.8, 4) is 0 Å². The molecule has 0 aliphatic rings. The van der Waals surface area contributed by atoms with E-state index in [9.17, 15) is 0 Å². The van der Waals surface area contributed by atoms with Crippen molar-refractivity contribution >= 4 is 41.7 Å². The second-order valence-electron chi connectivity index (χ2n) is 4.91. The van der Waals surface area contributed by atoms with Crippen molar-refractivity contribution in [2.45, 2.75) is 4.07 Å². The number of hydrogen-bond acceptors (Lipinski definition) is 0. The molecule has 0 bridgehead atoms. The lowest BCUT2D eigenvalue weighted by molar-refractivity contribution is 1.24. The lowest BCUT2D eigenvalue weighted by Crippen LogP contribution is -2.23. The van der Waals surface area contributed by atoms with Gasteiger partial charge in [0.1, 0.15) is 0 Å². The molecule has 0 aliphatic heterocycles. The predicted octanol–water partition coefficient (Wildman–Crippen LogP) is 5.41. The Kier molecular flexibility index (Phi) is 4.84. The average molecular weight is 345 g/mol. The van der Waals surface area contributed by atoms with Crippen LogP contribution < -0.4 is 10.6 Å². The largest absolute Gasteiger partial charge is 0.169 e. The zero-order chi connectivity index (χ0) is 15.4. The van der Waals surface area contributed by atoms with Gasteiger partial charge in [0, 0.05) is 0 Å². The van der Waals surface area contributed by atoms with E-state index < -0.39 is 12.0 Å². The van der Waals surface area contributed by atoms with Crippen LogP contribution in [0, 0.1) is 0 Å². The Morgan fingerprint density at radius 2 is 0.909 bits per heavy atom. The van der Waals surface area contributed by atoms with E-state index in [0.717, 1.165) is 16.2 Å². The van der Waals surface area contributed by atoms with Gasteiger partial charge in [-0.25, -0.2) is 0 Å². The summed E-state index contributed by atoms with van der Waals surface area (Å²) in [6.07, 6.45) is 0. The lowest BCUT2D eigenvalue weighted by atomic mass is 10.2. The number of halogens is 2. The van der Waals surface area contributed by atoms with Crippen LogP contribution >= 0.6 is 31.1 Å². The number of hydrogen-bond donors (Lipinski definition) is 0. The molecule has 3 aromatic carbocycles. The molecule has 0 heterocycles. The van der Waals surface area contributed by atoms with E-state index in [1.165, 1.54) is 0 Å². The van der Waals surface area contributed by atoms with Crippen LogP contribution in [0.5, 0.6) is 0 Å². The van der Waals surface area contributed by atoms with Gasteiger partial charge in [-0.2, -0.15) is 0 Å². The van der Waals surface area contributed by atoms with Gasteiger partial charge in [-0.15, -0.1) is 0 Å². The number of benzene rings is 3. The van der Waals surface area contributed by atoms with E-state index in [-0.39, 0.29) is 0 Å². The first-order chi connectivity index (χ1) is 10.7. The van der Waals surface area contributed by atoms with Gasteiger partial charge in [0.25, 0.3) is 0 Å². The normalized spacial score (nSPS) is 11.6. The summed E-state index contributed by atoms with van der Waals surface area (Å²) in [7, 11) is -0.940. The van der Waals surface area contributed by atoms with Gasteiger partial charge in [-0.1, -0.05) is 114 Å². The molecule has 0 atom stereocenters. The average Bonchev–Trinajstić information content (AvgIpc) is 2.58. The molecule has 0 unspecified atom stereocenters. The summed E-state index contributed by atoms with van der Waals surface area (Å²) in [5, 5.41) is 2.33. The van der Waals surface area contributed by atoms with Crippen LogP contribution in [0.1, 0.15) is 5.56 Å². The monoisotopic (exact) mass is 344 g/mol. The van der Waals surface area contributed by atoms with E-state index in [1.807, 2.05) is 66.7 Å². The zero-order valence-electron chi connectivity index (χ0n) is 11.9. The molecule has 0 N–H and O–H groups in total. The van der Waals surface area contributed by atoms with Crippen molar-refractivity contribution in [1.29, 1.82) is 0 Å². The highest BCUT2D eigenvalue weighted by atomic mass is 35.5. The Morgan fingerprint density at radius 1 is 0.545 bits per heavy atom. The maximum absolute atomic E-state index is 6.89.